The average Bonchev–Trinajstić information content (AvgIpc) is 2.94. The minimum absolute atomic E-state index is 0.132. The van der Waals surface area contributed by atoms with Gasteiger partial charge in [-0.05, 0) is 6.42 Å². The van der Waals surface area contributed by atoms with Crippen LogP contribution in [0, 0.1) is 0 Å². The lowest BCUT2D eigenvalue weighted by Gasteiger charge is -2.41. The molecule has 1 rings (SSSR count). The van der Waals surface area contributed by atoms with E-state index in [0.29, 0.717) is 6.61 Å². The van der Waals surface area contributed by atoms with Crippen LogP contribution in [0.4, 0.5) is 0 Å². The van der Waals surface area contributed by atoms with E-state index in [1.54, 1.807) is 0 Å². The number of aliphatic hydroxyl groups excluding tert-OH is 5. The van der Waals surface area contributed by atoms with Crippen molar-refractivity contribution in [1.82, 2.24) is 0 Å². The first-order chi connectivity index (χ1) is 19.1. The smallest absolute Gasteiger partial charge is 0.387 e. The topological polar surface area (TPSA) is 175 Å². The number of phosphoric ester groups is 1. The second kappa shape index (κ2) is 22.4. The molecule has 1 aliphatic carbocycles. The zero-order valence-corrected chi connectivity index (χ0v) is 25.5. The lowest BCUT2D eigenvalue weighted by Crippen LogP contribution is -2.64. The SMILES string of the molecule is CCCCCCCCCCCCCCCCCCOCC(COP(=O)(O)OC1[C@@H](O)[C@H](O)C(O)[C@H](O)[C@@H]1O)OC. The van der Waals surface area contributed by atoms with Crippen LogP contribution in [0.1, 0.15) is 110 Å². The van der Waals surface area contributed by atoms with Crippen LogP contribution in [-0.4, -0.2) is 100 Å². The van der Waals surface area contributed by atoms with Crippen molar-refractivity contribution in [2.75, 3.05) is 26.9 Å². The van der Waals surface area contributed by atoms with Crippen LogP contribution in [0.25, 0.3) is 0 Å². The molecule has 40 heavy (non-hydrogen) atoms. The van der Waals surface area contributed by atoms with E-state index in [-0.39, 0.29) is 13.2 Å². The number of ether oxygens (including phenoxy) is 2. The minimum Gasteiger partial charge on any atom is -0.387 e. The van der Waals surface area contributed by atoms with Gasteiger partial charge in [0, 0.05) is 13.7 Å². The third-order valence-corrected chi connectivity index (χ3v) is 8.52. The highest BCUT2D eigenvalue weighted by Crippen LogP contribution is 2.47. The van der Waals surface area contributed by atoms with Gasteiger partial charge in [0.2, 0.25) is 0 Å². The molecule has 0 radical (unpaired) electrons. The van der Waals surface area contributed by atoms with Gasteiger partial charge in [-0.2, -0.15) is 0 Å². The van der Waals surface area contributed by atoms with Gasteiger partial charge in [-0.1, -0.05) is 103 Å². The normalized spacial score (nSPS) is 27.5. The molecule has 0 aromatic rings. The third-order valence-electron chi connectivity index (χ3n) is 7.53. The zero-order chi connectivity index (χ0) is 29.8. The summed E-state index contributed by atoms with van der Waals surface area (Å²) in [5.41, 5.74) is 0. The molecular formula is C28H57O11P. The Kier molecular flexibility index (Phi) is 21.2. The fourth-order valence-electron chi connectivity index (χ4n) is 4.83. The van der Waals surface area contributed by atoms with Crippen molar-refractivity contribution in [2.45, 2.75) is 152 Å². The van der Waals surface area contributed by atoms with Crippen LogP contribution >= 0.6 is 7.82 Å². The van der Waals surface area contributed by atoms with Crippen molar-refractivity contribution >= 4 is 7.82 Å². The van der Waals surface area contributed by atoms with Gasteiger partial charge in [0.25, 0.3) is 0 Å². The first kappa shape index (κ1) is 37.9. The van der Waals surface area contributed by atoms with E-state index >= 15 is 0 Å². The summed E-state index contributed by atoms with van der Waals surface area (Å²) in [5.74, 6) is 0. The Hall–Kier alpha value is -0.170. The molecule has 11 nitrogen and oxygen atoms in total. The number of rotatable bonds is 25. The molecule has 6 N–H and O–H groups in total. The van der Waals surface area contributed by atoms with Gasteiger partial charge < -0.3 is 39.9 Å². The van der Waals surface area contributed by atoms with E-state index in [0.717, 1.165) is 12.8 Å². The number of hydrogen-bond acceptors (Lipinski definition) is 10. The summed E-state index contributed by atoms with van der Waals surface area (Å²) in [6, 6.07) is 0. The van der Waals surface area contributed by atoms with Crippen molar-refractivity contribution in [3.05, 3.63) is 0 Å². The molecule has 0 bridgehead atoms. The van der Waals surface area contributed by atoms with Crippen molar-refractivity contribution in [1.29, 1.82) is 0 Å². The molecule has 1 saturated carbocycles. The summed E-state index contributed by atoms with van der Waals surface area (Å²) in [6.07, 6.45) is 8.72. The molecular weight excluding hydrogens is 543 g/mol. The van der Waals surface area contributed by atoms with Gasteiger partial charge >= 0.3 is 7.82 Å². The standard InChI is InChI=1S/C28H57O11P/c1-3-4-5-6-7-8-9-10-11-12-13-14-15-16-17-18-19-37-20-22(36-2)21-38-40(34,35)39-28-26(32)24(30)23(29)25(31)27(28)33/h22-33H,3-21H2,1-2H3,(H,34,35)/t22?,23?,24-,25+,26-,27-,28?/m0/s1. The monoisotopic (exact) mass is 600 g/mol. The Balaban J connectivity index is 2.05. The Morgan fingerprint density at radius 2 is 1.02 bits per heavy atom. The van der Waals surface area contributed by atoms with Crippen molar-refractivity contribution < 1.29 is 53.5 Å². The predicted octanol–water partition coefficient (Wildman–Crippen LogP) is 3.60. The molecule has 1 fully saturated rings. The maximum atomic E-state index is 12.3. The summed E-state index contributed by atoms with van der Waals surface area (Å²) in [5, 5.41) is 49.0. The van der Waals surface area contributed by atoms with Crippen molar-refractivity contribution in [3.8, 4) is 0 Å². The highest BCUT2D eigenvalue weighted by molar-refractivity contribution is 7.47. The maximum absolute atomic E-state index is 12.3. The Bertz CT molecular complexity index is 640. The number of aliphatic hydroxyl groups is 5. The summed E-state index contributed by atoms with van der Waals surface area (Å²) < 4.78 is 32.8. The molecule has 12 heteroatoms. The molecule has 0 aliphatic heterocycles. The Labute approximate surface area is 240 Å². The molecule has 0 aromatic heterocycles. The van der Waals surface area contributed by atoms with E-state index in [4.69, 9.17) is 18.5 Å². The van der Waals surface area contributed by atoms with Gasteiger partial charge in [0.15, 0.2) is 0 Å². The highest BCUT2D eigenvalue weighted by atomic mass is 31.2. The van der Waals surface area contributed by atoms with Crippen LogP contribution in [0.15, 0.2) is 0 Å². The molecule has 8 atom stereocenters. The van der Waals surface area contributed by atoms with E-state index in [9.17, 15) is 35.0 Å². The van der Waals surface area contributed by atoms with Crippen molar-refractivity contribution in [3.63, 3.8) is 0 Å². The second-order valence-electron chi connectivity index (χ2n) is 11.0. The molecule has 0 amide bonds. The molecule has 4 unspecified atom stereocenters. The third kappa shape index (κ3) is 15.9. The van der Waals surface area contributed by atoms with E-state index in [1.165, 1.54) is 97.0 Å². The molecule has 0 heterocycles. The predicted molar refractivity (Wildman–Crippen MR) is 152 cm³/mol. The highest BCUT2D eigenvalue weighted by Gasteiger charge is 2.51. The van der Waals surface area contributed by atoms with Gasteiger partial charge in [0.05, 0.1) is 13.2 Å². The average molecular weight is 601 g/mol. The van der Waals surface area contributed by atoms with Gasteiger partial charge in [-0.3, -0.25) is 9.05 Å². The summed E-state index contributed by atoms with van der Waals surface area (Å²) in [7, 11) is -3.41. The van der Waals surface area contributed by atoms with Crippen LogP contribution in [-0.2, 0) is 23.1 Å². The molecule has 0 spiro atoms. The van der Waals surface area contributed by atoms with Crippen molar-refractivity contribution in [2.24, 2.45) is 0 Å². The lowest BCUT2D eigenvalue weighted by molar-refractivity contribution is -0.220. The maximum Gasteiger partial charge on any atom is 0.472 e. The first-order valence-electron chi connectivity index (χ1n) is 15.3. The summed E-state index contributed by atoms with van der Waals surface area (Å²) >= 11 is 0. The Morgan fingerprint density at radius 1 is 0.625 bits per heavy atom. The number of phosphoric acid groups is 1. The molecule has 0 saturated heterocycles. The van der Waals surface area contributed by atoms with Crippen LogP contribution in [0.2, 0.25) is 0 Å². The number of unbranched alkanes of at least 4 members (excludes halogenated alkanes) is 15. The van der Waals surface area contributed by atoms with E-state index < -0.39 is 50.6 Å². The molecule has 240 valence electrons. The Morgan fingerprint density at radius 3 is 1.45 bits per heavy atom. The van der Waals surface area contributed by atoms with Gasteiger partial charge in [-0.15, -0.1) is 0 Å². The lowest BCUT2D eigenvalue weighted by atomic mass is 9.85. The summed E-state index contributed by atoms with van der Waals surface area (Å²) in [6.45, 7) is 2.55. The largest absolute Gasteiger partial charge is 0.472 e. The molecule has 1 aliphatic rings. The quantitative estimate of drug-likeness (QED) is 0.0667. The first-order valence-corrected chi connectivity index (χ1v) is 16.8. The van der Waals surface area contributed by atoms with Crippen LogP contribution in [0.5, 0.6) is 0 Å². The van der Waals surface area contributed by atoms with Gasteiger partial charge in [0.1, 0.15) is 42.7 Å². The van der Waals surface area contributed by atoms with Crippen LogP contribution < -0.4 is 0 Å². The zero-order valence-electron chi connectivity index (χ0n) is 24.6. The van der Waals surface area contributed by atoms with E-state index in [1.807, 2.05) is 0 Å². The van der Waals surface area contributed by atoms with Gasteiger partial charge in [-0.25, -0.2) is 4.57 Å². The van der Waals surface area contributed by atoms with Crippen LogP contribution in [0.3, 0.4) is 0 Å². The second-order valence-corrected chi connectivity index (χ2v) is 12.4. The summed E-state index contributed by atoms with van der Waals surface area (Å²) in [4.78, 5) is 9.98. The fourth-order valence-corrected chi connectivity index (χ4v) is 5.81. The number of methoxy groups -OCH3 is 1. The fraction of sp³-hybridized carbons (Fsp3) is 1.00. The van der Waals surface area contributed by atoms with E-state index in [2.05, 4.69) is 6.92 Å². The minimum atomic E-state index is -4.81. The number of hydrogen-bond donors (Lipinski definition) is 6. The molecule has 0 aromatic carbocycles.